The van der Waals surface area contributed by atoms with Gasteiger partial charge in [-0.15, -0.1) is 0 Å². The van der Waals surface area contributed by atoms with Crippen LogP contribution in [-0.2, 0) is 10.0 Å². The Morgan fingerprint density at radius 2 is 1.89 bits per heavy atom. The molecule has 1 fully saturated rings. The van der Waals surface area contributed by atoms with Crippen molar-refractivity contribution in [2.45, 2.75) is 44.0 Å². The molecule has 1 aliphatic rings. The lowest BCUT2D eigenvalue weighted by molar-refractivity contribution is 0.0635. The number of anilines is 1. The Morgan fingerprint density at radius 3 is 2.54 bits per heavy atom. The molecular formula is C21H25ClN2O3S. The van der Waals surface area contributed by atoms with Gasteiger partial charge < -0.3 is 4.90 Å². The van der Waals surface area contributed by atoms with E-state index in [4.69, 9.17) is 11.6 Å². The lowest BCUT2D eigenvalue weighted by Crippen LogP contribution is -2.42. The maximum atomic E-state index is 13.2. The molecule has 3 rings (SSSR count). The van der Waals surface area contributed by atoms with Gasteiger partial charge in [-0.2, -0.15) is 0 Å². The predicted molar refractivity (Wildman–Crippen MR) is 112 cm³/mol. The molecule has 5 nitrogen and oxygen atoms in total. The summed E-state index contributed by atoms with van der Waals surface area (Å²) in [5, 5.41) is 0.268. The van der Waals surface area contributed by atoms with Gasteiger partial charge >= 0.3 is 0 Å². The number of benzene rings is 2. The first-order chi connectivity index (χ1) is 13.4. The van der Waals surface area contributed by atoms with E-state index in [9.17, 15) is 13.2 Å². The summed E-state index contributed by atoms with van der Waals surface area (Å²) in [6.07, 6.45) is 2.98. The number of amides is 1. The molecule has 0 unspecified atom stereocenters. The van der Waals surface area contributed by atoms with Gasteiger partial charge in [0.1, 0.15) is 0 Å². The number of piperidine rings is 1. The largest absolute Gasteiger partial charge is 0.336 e. The smallest absolute Gasteiger partial charge is 0.264 e. The number of nitrogens with zero attached hydrogens (tertiary/aromatic N) is 2. The third-order valence-corrected chi connectivity index (χ3v) is 7.38. The zero-order valence-electron chi connectivity index (χ0n) is 16.1. The molecule has 0 N–H and O–H groups in total. The summed E-state index contributed by atoms with van der Waals surface area (Å²) < 4.78 is 27.8. The Morgan fingerprint density at radius 1 is 1.18 bits per heavy atom. The summed E-state index contributed by atoms with van der Waals surface area (Å²) in [6.45, 7) is 4.74. The van der Waals surface area contributed by atoms with E-state index in [1.54, 1.807) is 36.1 Å². The monoisotopic (exact) mass is 420 g/mol. The van der Waals surface area contributed by atoms with Gasteiger partial charge in [0, 0.05) is 19.1 Å². The van der Waals surface area contributed by atoms with Crippen molar-refractivity contribution in [3.63, 3.8) is 0 Å². The maximum Gasteiger partial charge on any atom is 0.264 e. The Bertz CT molecular complexity index is 947. The van der Waals surface area contributed by atoms with Crippen molar-refractivity contribution in [3.05, 3.63) is 59.1 Å². The molecule has 2 aromatic rings. The van der Waals surface area contributed by atoms with Crippen molar-refractivity contribution in [2.24, 2.45) is 0 Å². The second kappa shape index (κ2) is 8.53. The van der Waals surface area contributed by atoms with Crippen LogP contribution < -0.4 is 4.31 Å². The van der Waals surface area contributed by atoms with Crippen molar-refractivity contribution < 1.29 is 13.2 Å². The average molecular weight is 421 g/mol. The van der Waals surface area contributed by atoms with Gasteiger partial charge in [0.25, 0.3) is 15.9 Å². The van der Waals surface area contributed by atoms with Crippen molar-refractivity contribution in [1.29, 1.82) is 0 Å². The number of carbonyl (C=O) groups excluding carboxylic acids is 1. The Kier molecular flexibility index (Phi) is 6.30. The fraction of sp³-hybridized carbons (Fsp3) is 0.381. The van der Waals surface area contributed by atoms with Crippen LogP contribution in [0, 0.1) is 0 Å². The van der Waals surface area contributed by atoms with E-state index in [-0.39, 0.29) is 34.0 Å². The van der Waals surface area contributed by atoms with Crippen LogP contribution in [0.2, 0.25) is 5.02 Å². The molecule has 1 heterocycles. The first-order valence-corrected chi connectivity index (χ1v) is 11.4. The molecule has 0 saturated carbocycles. The molecule has 150 valence electrons. The van der Waals surface area contributed by atoms with E-state index < -0.39 is 10.0 Å². The number of carbonyl (C=O) groups is 1. The quantitative estimate of drug-likeness (QED) is 0.711. The molecule has 1 amide bonds. The number of hydrogen-bond acceptors (Lipinski definition) is 3. The number of likely N-dealkylation sites (tertiary alicyclic amines) is 1. The second-order valence-corrected chi connectivity index (χ2v) is 9.26. The van der Waals surface area contributed by atoms with Crippen LogP contribution in [0.15, 0.2) is 53.4 Å². The zero-order valence-corrected chi connectivity index (χ0v) is 17.7. The molecule has 28 heavy (non-hydrogen) atoms. The molecule has 0 spiro atoms. The van der Waals surface area contributed by atoms with Gasteiger partial charge in [0.2, 0.25) is 0 Å². The predicted octanol–water partition coefficient (Wildman–Crippen LogP) is 4.57. The van der Waals surface area contributed by atoms with E-state index >= 15 is 0 Å². The van der Waals surface area contributed by atoms with E-state index in [2.05, 4.69) is 0 Å². The van der Waals surface area contributed by atoms with E-state index in [1.807, 2.05) is 13.0 Å². The van der Waals surface area contributed by atoms with Crippen LogP contribution in [0.25, 0.3) is 0 Å². The molecule has 1 saturated heterocycles. The zero-order chi connectivity index (χ0) is 20.3. The van der Waals surface area contributed by atoms with Gasteiger partial charge in [0.15, 0.2) is 0 Å². The first kappa shape index (κ1) is 20.7. The molecule has 1 atom stereocenters. The van der Waals surface area contributed by atoms with Crippen LogP contribution in [0.1, 0.15) is 43.5 Å². The number of para-hydroxylation sites is 1. The minimum atomic E-state index is -3.82. The van der Waals surface area contributed by atoms with E-state index in [0.29, 0.717) is 12.2 Å². The average Bonchev–Trinajstić information content (AvgIpc) is 2.69. The maximum absolute atomic E-state index is 13.2. The Balaban J connectivity index is 1.99. The van der Waals surface area contributed by atoms with Gasteiger partial charge in [-0.05, 0) is 63.4 Å². The summed E-state index contributed by atoms with van der Waals surface area (Å²) in [4.78, 5) is 14.9. The summed E-state index contributed by atoms with van der Waals surface area (Å²) in [5.74, 6) is -0.211. The molecule has 0 bridgehead atoms. The van der Waals surface area contributed by atoms with E-state index in [1.165, 1.54) is 22.5 Å². The third kappa shape index (κ3) is 4.03. The highest BCUT2D eigenvalue weighted by Crippen LogP contribution is 2.28. The molecule has 0 aliphatic carbocycles. The number of sulfonamides is 1. The second-order valence-electron chi connectivity index (χ2n) is 6.99. The number of halogens is 1. The highest BCUT2D eigenvalue weighted by Gasteiger charge is 2.29. The van der Waals surface area contributed by atoms with Crippen molar-refractivity contribution in [3.8, 4) is 0 Å². The number of hydrogen-bond donors (Lipinski definition) is 0. The summed E-state index contributed by atoms with van der Waals surface area (Å²) in [5.41, 5.74) is 0.818. The van der Waals surface area contributed by atoms with Crippen LogP contribution in [0.3, 0.4) is 0 Å². The minimum absolute atomic E-state index is 0.0654. The van der Waals surface area contributed by atoms with Crippen LogP contribution in [0.5, 0.6) is 0 Å². The summed E-state index contributed by atoms with van der Waals surface area (Å²) in [6, 6.07) is 13.4. The SMILES string of the molecule is CCN(c1ccccc1)S(=O)(=O)c1ccc(Cl)c(C(=O)N2CCCC[C@@H]2C)c1. The normalized spacial score (nSPS) is 17.4. The van der Waals surface area contributed by atoms with Crippen LogP contribution >= 0.6 is 11.6 Å². The Hall–Kier alpha value is -2.05. The molecule has 1 aliphatic heterocycles. The van der Waals surface area contributed by atoms with Gasteiger partial charge in [-0.25, -0.2) is 8.42 Å². The molecule has 2 aromatic carbocycles. The van der Waals surface area contributed by atoms with Gasteiger partial charge in [-0.3, -0.25) is 9.10 Å². The summed E-state index contributed by atoms with van der Waals surface area (Å²) >= 11 is 6.28. The lowest BCUT2D eigenvalue weighted by Gasteiger charge is -2.33. The highest BCUT2D eigenvalue weighted by molar-refractivity contribution is 7.92. The van der Waals surface area contributed by atoms with Crippen molar-refractivity contribution in [2.75, 3.05) is 17.4 Å². The highest BCUT2D eigenvalue weighted by atomic mass is 35.5. The van der Waals surface area contributed by atoms with Crippen molar-refractivity contribution in [1.82, 2.24) is 4.90 Å². The van der Waals surface area contributed by atoms with Crippen LogP contribution in [0.4, 0.5) is 5.69 Å². The van der Waals surface area contributed by atoms with Gasteiger partial charge in [-0.1, -0.05) is 29.8 Å². The summed E-state index contributed by atoms with van der Waals surface area (Å²) in [7, 11) is -3.82. The molecule has 0 aromatic heterocycles. The first-order valence-electron chi connectivity index (χ1n) is 9.54. The topological polar surface area (TPSA) is 57.7 Å². The third-order valence-electron chi connectivity index (χ3n) is 5.15. The van der Waals surface area contributed by atoms with Crippen LogP contribution in [-0.4, -0.2) is 38.4 Å². The van der Waals surface area contributed by atoms with Gasteiger partial charge in [0.05, 0.1) is 21.2 Å². The minimum Gasteiger partial charge on any atom is -0.336 e. The Labute approximate surface area is 172 Å². The molecular weight excluding hydrogens is 396 g/mol. The standard InChI is InChI=1S/C21H25ClN2O3S/c1-3-24(17-10-5-4-6-11-17)28(26,27)18-12-13-20(22)19(15-18)21(25)23-14-8-7-9-16(23)2/h4-6,10-13,15-16H,3,7-9,14H2,1-2H3/t16-/m0/s1. The lowest BCUT2D eigenvalue weighted by atomic mass is 10.0. The van der Waals surface area contributed by atoms with Crippen molar-refractivity contribution >= 4 is 33.2 Å². The fourth-order valence-corrected chi connectivity index (χ4v) is 5.29. The molecule has 7 heteroatoms. The van der Waals surface area contributed by atoms with E-state index in [0.717, 1.165) is 19.3 Å². The molecule has 0 radical (unpaired) electrons. The number of rotatable bonds is 5. The fourth-order valence-electron chi connectivity index (χ4n) is 3.60.